The number of para-hydroxylation sites is 1. The van der Waals surface area contributed by atoms with E-state index >= 15 is 0 Å². The molecule has 2 N–H and O–H groups in total. The van der Waals surface area contributed by atoms with Crippen LogP contribution in [0.4, 0.5) is 10.1 Å². The van der Waals surface area contributed by atoms with Gasteiger partial charge in [0.2, 0.25) is 0 Å². The van der Waals surface area contributed by atoms with Gasteiger partial charge in [0.25, 0.3) is 0 Å². The van der Waals surface area contributed by atoms with Crippen LogP contribution < -0.4 is 5.32 Å². The van der Waals surface area contributed by atoms with Gasteiger partial charge in [0, 0.05) is 6.04 Å². The molecule has 13 heavy (non-hydrogen) atoms. The van der Waals surface area contributed by atoms with Gasteiger partial charge in [-0.25, -0.2) is 4.39 Å². The molecule has 1 unspecified atom stereocenters. The summed E-state index contributed by atoms with van der Waals surface area (Å²) in [4.78, 5) is 0. The zero-order valence-electron chi connectivity index (χ0n) is 7.84. The highest BCUT2D eigenvalue weighted by atomic mass is 19.1. The van der Waals surface area contributed by atoms with Crippen molar-refractivity contribution in [2.45, 2.75) is 19.9 Å². The summed E-state index contributed by atoms with van der Waals surface area (Å²) >= 11 is 0. The van der Waals surface area contributed by atoms with Gasteiger partial charge in [-0.05, 0) is 25.5 Å². The van der Waals surface area contributed by atoms with Crippen molar-refractivity contribution in [1.29, 1.82) is 0 Å². The summed E-state index contributed by atoms with van der Waals surface area (Å²) in [5.41, 5.74) is 1.32. The Morgan fingerprint density at radius 3 is 2.77 bits per heavy atom. The Balaban J connectivity index is 2.87. The molecule has 72 valence electrons. The number of nitrogens with one attached hydrogen (secondary N) is 1. The summed E-state index contributed by atoms with van der Waals surface area (Å²) in [6.07, 6.45) is 0. The summed E-state index contributed by atoms with van der Waals surface area (Å²) in [7, 11) is 0. The molecule has 2 nitrogen and oxygen atoms in total. The molecule has 1 rings (SSSR count). The third-order valence-corrected chi connectivity index (χ3v) is 1.89. The Kier molecular flexibility index (Phi) is 3.25. The van der Waals surface area contributed by atoms with Gasteiger partial charge in [0.15, 0.2) is 0 Å². The van der Waals surface area contributed by atoms with Crippen LogP contribution in [-0.2, 0) is 0 Å². The molecule has 0 heterocycles. The van der Waals surface area contributed by atoms with E-state index in [9.17, 15) is 4.39 Å². The van der Waals surface area contributed by atoms with Crippen LogP contribution in [0.15, 0.2) is 18.2 Å². The van der Waals surface area contributed by atoms with Crippen molar-refractivity contribution in [1.82, 2.24) is 0 Å². The van der Waals surface area contributed by atoms with E-state index in [-0.39, 0.29) is 18.5 Å². The van der Waals surface area contributed by atoms with E-state index in [1.54, 1.807) is 13.0 Å². The maximum absolute atomic E-state index is 13.2. The van der Waals surface area contributed by atoms with Gasteiger partial charge in [-0.15, -0.1) is 0 Å². The molecule has 1 aromatic rings. The van der Waals surface area contributed by atoms with Crippen molar-refractivity contribution in [3.05, 3.63) is 29.6 Å². The number of hydrogen-bond acceptors (Lipinski definition) is 2. The quantitative estimate of drug-likeness (QED) is 0.750. The number of anilines is 1. The fraction of sp³-hybridized carbons (Fsp3) is 0.400. The molecular formula is C10H14FNO. The lowest BCUT2D eigenvalue weighted by Gasteiger charge is -2.14. The molecule has 0 radical (unpaired) electrons. The van der Waals surface area contributed by atoms with Crippen molar-refractivity contribution in [3.8, 4) is 0 Å². The fourth-order valence-electron chi connectivity index (χ4n) is 1.11. The van der Waals surface area contributed by atoms with Gasteiger partial charge in [0.1, 0.15) is 5.82 Å². The first-order valence-corrected chi connectivity index (χ1v) is 4.27. The summed E-state index contributed by atoms with van der Waals surface area (Å²) in [5, 5.41) is 11.7. The van der Waals surface area contributed by atoms with Crippen LogP contribution in [0, 0.1) is 12.7 Å². The molecule has 1 aromatic carbocycles. The molecular weight excluding hydrogens is 169 g/mol. The predicted molar refractivity (Wildman–Crippen MR) is 51.3 cm³/mol. The molecule has 0 amide bonds. The van der Waals surface area contributed by atoms with Crippen molar-refractivity contribution < 1.29 is 9.50 Å². The van der Waals surface area contributed by atoms with E-state index < -0.39 is 0 Å². The van der Waals surface area contributed by atoms with E-state index in [1.807, 2.05) is 13.0 Å². The zero-order chi connectivity index (χ0) is 9.84. The normalized spacial score (nSPS) is 12.6. The number of aliphatic hydroxyl groups is 1. The highest BCUT2D eigenvalue weighted by Gasteiger charge is 2.07. The van der Waals surface area contributed by atoms with E-state index in [4.69, 9.17) is 5.11 Å². The number of hydrogen-bond donors (Lipinski definition) is 2. The van der Waals surface area contributed by atoms with Gasteiger partial charge < -0.3 is 10.4 Å². The fourth-order valence-corrected chi connectivity index (χ4v) is 1.11. The van der Waals surface area contributed by atoms with Crippen molar-refractivity contribution in [2.24, 2.45) is 0 Å². The number of aliphatic hydroxyl groups excluding tert-OH is 1. The summed E-state index contributed by atoms with van der Waals surface area (Å²) in [5.74, 6) is -0.278. The lowest BCUT2D eigenvalue weighted by atomic mass is 10.2. The van der Waals surface area contributed by atoms with E-state index in [2.05, 4.69) is 5.32 Å². The molecule has 0 aliphatic rings. The maximum atomic E-state index is 13.2. The number of aryl methyl sites for hydroxylation is 1. The van der Waals surface area contributed by atoms with Crippen LogP contribution in [0.5, 0.6) is 0 Å². The lowest BCUT2D eigenvalue weighted by Crippen LogP contribution is -2.20. The van der Waals surface area contributed by atoms with Gasteiger partial charge in [-0.2, -0.15) is 0 Å². The summed E-state index contributed by atoms with van der Waals surface area (Å²) in [6.45, 7) is 3.62. The second kappa shape index (κ2) is 4.23. The van der Waals surface area contributed by atoms with Crippen LogP contribution in [0.1, 0.15) is 12.5 Å². The second-order valence-electron chi connectivity index (χ2n) is 3.16. The molecule has 1 atom stereocenters. The summed E-state index contributed by atoms with van der Waals surface area (Å²) in [6, 6.07) is 4.77. The average Bonchev–Trinajstić information content (AvgIpc) is 2.11. The van der Waals surface area contributed by atoms with Crippen molar-refractivity contribution in [2.75, 3.05) is 11.9 Å². The SMILES string of the molecule is Cc1cccc(F)c1NC(C)CO. The molecule has 0 aliphatic carbocycles. The van der Waals surface area contributed by atoms with Crippen LogP contribution in [0.25, 0.3) is 0 Å². The van der Waals surface area contributed by atoms with Gasteiger partial charge >= 0.3 is 0 Å². The van der Waals surface area contributed by atoms with Gasteiger partial charge in [0.05, 0.1) is 12.3 Å². The molecule has 0 aromatic heterocycles. The Morgan fingerprint density at radius 2 is 2.23 bits per heavy atom. The molecule has 0 saturated heterocycles. The smallest absolute Gasteiger partial charge is 0.146 e. The Labute approximate surface area is 77.4 Å². The minimum absolute atomic E-state index is 0.00618. The first kappa shape index (κ1) is 9.99. The zero-order valence-corrected chi connectivity index (χ0v) is 7.84. The van der Waals surface area contributed by atoms with Crippen LogP contribution in [-0.4, -0.2) is 17.8 Å². The summed E-state index contributed by atoms with van der Waals surface area (Å²) < 4.78 is 13.2. The molecule has 0 saturated carbocycles. The Morgan fingerprint density at radius 1 is 1.54 bits per heavy atom. The molecule has 3 heteroatoms. The topological polar surface area (TPSA) is 32.3 Å². The van der Waals surface area contributed by atoms with E-state index in [0.29, 0.717) is 5.69 Å². The average molecular weight is 183 g/mol. The minimum Gasteiger partial charge on any atom is -0.394 e. The van der Waals surface area contributed by atoms with Crippen LogP contribution >= 0.6 is 0 Å². The predicted octanol–water partition coefficient (Wildman–Crippen LogP) is 1.93. The largest absolute Gasteiger partial charge is 0.394 e. The molecule has 0 spiro atoms. The van der Waals surface area contributed by atoms with Crippen molar-refractivity contribution >= 4 is 5.69 Å². The van der Waals surface area contributed by atoms with Crippen molar-refractivity contribution in [3.63, 3.8) is 0 Å². The van der Waals surface area contributed by atoms with Crippen LogP contribution in [0.3, 0.4) is 0 Å². The van der Waals surface area contributed by atoms with Crippen LogP contribution in [0.2, 0.25) is 0 Å². The monoisotopic (exact) mass is 183 g/mol. The molecule has 0 aliphatic heterocycles. The Bertz CT molecular complexity index is 268. The second-order valence-corrected chi connectivity index (χ2v) is 3.16. The molecule has 0 bridgehead atoms. The highest BCUT2D eigenvalue weighted by Crippen LogP contribution is 2.19. The van der Waals surface area contributed by atoms with Gasteiger partial charge in [-0.3, -0.25) is 0 Å². The first-order chi connectivity index (χ1) is 6.15. The number of benzene rings is 1. The lowest BCUT2D eigenvalue weighted by molar-refractivity contribution is 0.281. The standard InChI is InChI=1S/C10H14FNO/c1-7-4-3-5-9(11)10(7)12-8(2)6-13/h3-5,8,12-13H,6H2,1-2H3. The first-order valence-electron chi connectivity index (χ1n) is 4.27. The number of halogens is 1. The maximum Gasteiger partial charge on any atom is 0.146 e. The van der Waals surface area contributed by atoms with E-state index in [0.717, 1.165) is 5.56 Å². The third-order valence-electron chi connectivity index (χ3n) is 1.89. The minimum atomic E-state index is -0.278. The van der Waals surface area contributed by atoms with Gasteiger partial charge in [-0.1, -0.05) is 12.1 Å². The third kappa shape index (κ3) is 2.42. The Hall–Kier alpha value is -1.09. The number of rotatable bonds is 3. The highest BCUT2D eigenvalue weighted by molar-refractivity contribution is 5.52. The molecule has 0 fully saturated rings. The van der Waals surface area contributed by atoms with E-state index in [1.165, 1.54) is 6.07 Å².